The van der Waals surface area contributed by atoms with Gasteiger partial charge in [-0.05, 0) is 12.8 Å². The van der Waals surface area contributed by atoms with Crippen molar-refractivity contribution >= 4 is 5.91 Å². The van der Waals surface area contributed by atoms with Crippen molar-refractivity contribution in [2.24, 2.45) is 5.73 Å². The lowest BCUT2D eigenvalue weighted by Crippen LogP contribution is -2.43. The zero-order valence-electron chi connectivity index (χ0n) is 5.76. The molecule has 0 aromatic heterocycles. The molecule has 1 aliphatic carbocycles. The third kappa shape index (κ3) is 1.46. The van der Waals surface area contributed by atoms with Gasteiger partial charge in [0.2, 0.25) is 5.91 Å². The number of nitrogens with one attached hydrogen (secondary N) is 1. The molecule has 0 aromatic rings. The molecule has 4 N–H and O–H groups in total. The van der Waals surface area contributed by atoms with E-state index in [1.807, 2.05) is 0 Å². The van der Waals surface area contributed by atoms with E-state index in [2.05, 4.69) is 5.32 Å². The van der Waals surface area contributed by atoms with Gasteiger partial charge in [-0.25, -0.2) is 0 Å². The van der Waals surface area contributed by atoms with Crippen molar-refractivity contribution < 1.29 is 9.90 Å². The molecule has 58 valence electrons. The molecule has 1 amide bonds. The molecule has 0 radical (unpaired) electrons. The van der Waals surface area contributed by atoms with Crippen LogP contribution in [0.25, 0.3) is 0 Å². The van der Waals surface area contributed by atoms with Crippen LogP contribution in [0.1, 0.15) is 12.8 Å². The second-order valence-corrected chi connectivity index (χ2v) is 2.64. The highest BCUT2D eigenvalue weighted by Crippen LogP contribution is 2.31. The minimum atomic E-state index is -0.602. The molecule has 4 heteroatoms. The first kappa shape index (κ1) is 7.50. The minimum absolute atomic E-state index is 0.0260. The van der Waals surface area contributed by atoms with E-state index in [1.54, 1.807) is 0 Å². The maximum atomic E-state index is 10.9. The van der Waals surface area contributed by atoms with Crippen molar-refractivity contribution in [3.05, 3.63) is 0 Å². The number of rotatable bonds is 3. The fourth-order valence-corrected chi connectivity index (χ4v) is 0.707. The number of nitrogens with two attached hydrogens (primary N) is 1. The summed E-state index contributed by atoms with van der Waals surface area (Å²) in [5, 5.41) is 10.9. The van der Waals surface area contributed by atoms with Crippen LogP contribution < -0.4 is 11.1 Å². The van der Waals surface area contributed by atoms with Crippen LogP contribution in [0, 0.1) is 0 Å². The number of amides is 1. The molecule has 1 fully saturated rings. The maximum Gasteiger partial charge on any atom is 0.240 e. The highest BCUT2D eigenvalue weighted by Gasteiger charge is 2.45. The van der Waals surface area contributed by atoms with Gasteiger partial charge in [0.1, 0.15) is 0 Å². The van der Waals surface area contributed by atoms with Crippen LogP contribution in [-0.2, 0) is 4.79 Å². The Morgan fingerprint density at radius 3 is 2.70 bits per heavy atom. The summed E-state index contributed by atoms with van der Waals surface area (Å²) in [7, 11) is 0. The molecule has 1 rings (SSSR count). The van der Waals surface area contributed by atoms with Crippen molar-refractivity contribution in [1.29, 1.82) is 0 Å². The Labute approximate surface area is 59.4 Å². The standard InChI is InChI=1S/C6H12N2O2/c7-6(1-2-6)5(10)8-3-4-9/h9H,1-4,7H2,(H,8,10). The van der Waals surface area contributed by atoms with Crippen molar-refractivity contribution in [2.75, 3.05) is 13.2 Å². The first-order chi connectivity index (χ1) is 4.69. The molecular formula is C6H12N2O2. The molecule has 0 bridgehead atoms. The van der Waals surface area contributed by atoms with Crippen molar-refractivity contribution in [3.63, 3.8) is 0 Å². The van der Waals surface area contributed by atoms with Crippen LogP contribution in [0.5, 0.6) is 0 Å². The molecule has 0 aliphatic heterocycles. The normalized spacial score (nSPS) is 20.2. The average Bonchev–Trinajstić information content (AvgIpc) is 2.64. The van der Waals surface area contributed by atoms with E-state index in [1.165, 1.54) is 0 Å². The van der Waals surface area contributed by atoms with Gasteiger partial charge >= 0.3 is 0 Å². The summed E-state index contributed by atoms with van der Waals surface area (Å²) in [6.07, 6.45) is 1.54. The fourth-order valence-electron chi connectivity index (χ4n) is 0.707. The Bertz CT molecular complexity index is 143. The van der Waals surface area contributed by atoms with Crippen LogP contribution in [0.2, 0.25) is 0 Å². The minimum Gasteiger partial charge on any atom is -0.395 e. The number of carbonyl (C=O) groups is 1. The van der Waals surface area contributed by atoms with Gasteiger partial charge in [0.15, 0.2) is 0 Å². The quantitative estimate of drug-likeness (QED) is 0.455. The molecule has 0 aromatic carbocycles. The zero-order chi connectivity index (χ0) is 7.61. The zero-order valence-corrected chi connectivity index (χ0v) is 5.76. The predicted octanol–water partition coefficient (Wildman–Crippen LogP) is -1.41. The maximum absolute atomic E-state index is 10.9. The van der Waals surface area contributed by atoms with E-state index in [0.717, 1.165) is 12.8 Å². The Hall–Kier alpha value is -0.610. The lowest BCUT2D eigenvalue weighted by atomic mass is 10.3. The number of hydrogen-bond donors (Lipinski definition) is 3. The van der Waals surface area contributed by atoms with Crippen LogP contribution in [0.15, 0.2) is 0 Å². The lowest BCUT2D eigenvalue weighted by Gasteiger charge is -2.07. The monoisotopic (exact) mass is 144 g/mol. The Kier molecular flexibility index (Phi) is 1.92. The fraction of sp³-hybridized carbons (Fsp3) is 0.833. The second-order valence-electron chi connectivity index (χ2n) is 2.64. The third-order valence-electron chi connectivity index (χ3n) is 1.64. The van der Waals surface area contributed by atoms with Crippen molar-refractivity contribution in [3.8, 4) is 0 Å². The van der Waals surface area contributed by atoms with Crippen LogP contribution >= 0.6 is 0 Å². The van der Waals surface area contributed by atoms with Crippen molar-refractivity contribution in [1.82, 2.24) is 5.32 Å². The van der Waals surface area contributed by atoms with Crippen LogP contribution in [0.4, 0.5) is 0 Å². The van der Waals surface area contributed by atoms with Gasteiger partial charge in [-0.1, -0.05) is 0 Å². The third-order valence-corrected chi connectivity index (χ3v) is 1.64. The van der Waals surface area contributed by atoms with Gasteiger partial charge < -0.3 is 16.2 Å². The van der Waals surface area contributed by atoms with E-state index < -0.39 is 5.54 Å². The summed E-state index contributed by atoms with van der Waals surface area (Å²) < 4.78 is 0. The average molecular weight is 144 g/mol. The molecule has 0 unspecified atom stereocenters. The van der Waals surface area contributed by atoms with E-state index in [-0.39, 0.29) is 12.5 Å². The van der Waals surface area contributed by atoms with E-state index in [9.17, 15) is 4.79 Å². The summed E-state index contributed by atoms with van der Waals surface area (Å²) in [6.45, 7) is 0.277. The Balaban J connectivity index is 2.22. The first-order valence-corrected chi connectivity index (χ1v) is 3.37. The summed E-state index contributed by atoms with van der Waals surface area (Å²) in [5.41, 5.74) is 4.94. The molecule has 1 saturated carbocycles. The molecule has 4 nitrogen and oxygen atoms in total. The summed E-state index contributed by atoms with van der Waals surface area (Å²) in [4.78, 5) is 10.9. The molecular weight excluding hydrogens is 132 g/mol. The van der Waals surface area contributed by atoms with Crippen molar-refractivity contribution in [2.45, 2.75) is 18.4 Å². The van der Waals surface area contributed by atoms with Gasteiger partial charge in [0.05, 0.1) is 12.1 Å². The molecule has 0 atom stereocenters. The summed E-state index contributed by atoms with van der Waals surface area (Å²) in [5.74, 6) is -0.137. The van der Waals surface area contributed by atoms with E-state index in [4.69, 9.17) is 10.8 Å². The largest absolute Gasteiger partial charge is 0.395 e. The topological polar surface area (TPSA) is 75.4 Å². The van der Waals surface area contributed by atoms with Gasteiger partial charge in [0, 0.05) is 6.54 Å². The summed E-state index contributed by atoms with van der Waals surface area (Å²) in [6, 6.07) is 0. The van der Waals surface area contributed by atoms with Crippen LogP contribution in [0.3, 0.4) is 0 Å². The Morgan fingerprint density at radius 1 is 1.70 bits per heavy atom. The van der Waals surface area contributed by atoms with E-state index >= 15 is 0 Å². The summed E-state index contributed by atoms with van der Waals surface area (Å²) >= 11 is 0. The van der Waals surface area contributed by atoms with Crippen LogP contribution in [-0.4, -0.2) is 29.7 Å². The highest BCUT2D eigenvalue weighted by atomic mass is 16.3. The van der Waals surface area contributed by atoms with E-state index in [0.29, 0.717) is 6.54 Å². The predicted molar refractivity (Wildman–Crippen MR) is 36.2 cm³/mol. The molecule has 10 heavy (non-hydrogen) atoms. The SMILES string of the molecule is NC1(C(=O)NCCO)CC1. The number of carbonyl (C=O) groups excluding carboxylic acids is 1. The highest BCUT2D eigenvalue weighted by molar-refractivity contribution is 5.88. The smallest absolute Gasteiger partial charge is 0.240 e. The van der Waals surface area contributed by atoms with Gasteiger partial charge in [0.25, 0.3) is 0 Å². The number of aliphatic hydroxyl groups is 1. The number of aliphatic hydroxyl groups excluding tert-OH is 1. The van der Waals surface area contributed by atoms with Gasteiger partial charge in [-0.15, -0.1) is 0 Å². The molecule has 0 saturated heterocycles. The Morgan fingerprint density at radius 2 is 2.30 bits per heavy atom. The first-order valence-electron chi connectivity index (χ1n) is 3.37. The van der Waals surface area contributed by atoms with Gasteiger partial charge in [-0.2, -0.15) is 0 Å². The molecule has 0 spiro atoms. The number of hydrogen-bond acceptors (Lipinski definition) is 3. The second kappa shape index (κ2) is 2.56. The molecule has 1 aliphatic rings. The van der Waals surface area contributed by atoms with Gasteiger partial charge in [-0.3, -0.25) is 4.79 Å². The lowest BCUT2D eigenvalue weighted by molar-refractivity contribution is -0.123. The molecule has 0 heterocycles.